The van der Waals surface area contributed by atoms with Gasteiger partial charge in [0.25, 0.3) is 5.91 Å². The van der Waals surface area contributed by atoms with E-state index in [1.54, 1.807) is 12.1 Å². The first-order valence-corrected chi connectivity index (χ1v) is 8.43. The highest BCUT2D eigenvalue weighted by Gasteiger charge is 2.52. The molecule has 0 aliphatic carbocycles. The van der Waals surface area contributed by atoms with Crippen LogP contribution in [0.4, 0.5) is 13.6 Å². The van der Waals surface area contributed by atoms with E-state index in [2.05, 4.69) is 0 Å². The summed E-state index contributed by atoms with van der Waals surface area (Å²) in [4.78, 5) is 27.2. The van der Waals surface area contributed by atoms with Gasteiger partial charge in [-0.3, -0.25) is 4.79 Å². The van der Waals surface area contributed by atoms with Gasteiger partial charge in [-0.15, -0.1) is 11.3 Å². The van der Waals surface area contributed by atoms with Crippen LogP contribution in [0.15, 0.2) is 12.1 Å². The monoisotopic (exact) mass is 360 g/mol. The summed E-state index contributed by atoms with van der Waals surface area (Å²) in [6.07, 6.45) is -4.23. The molecule has 1 spiro atoms. The maximum atomic E-state index is 14.1. The normalized spacial score (nSPS) is 22.6. The van der Waals surface area contributed by atoms with Crippen molar-refractivity contribution in [3.05, 3.63) is 21.9 Å². The third-order valence-electron chi connectivity index (χ3n) is 4.40. The van der Waals surface area contributed by atoms with Crippen molar-refractivity contribution in [2.24, 2.45) is 0 Å². The zero-order valence-electron chi connectivity index (χ0n) is 13.1. The number of rotatable bonds is 1. The van der Waals surface area contributed by atoms with Crippen LogP contribution >= 0.6 is 11.3 Å². The zero-order chi connectivity index (χ0) is 17.5. The van der Waals surface area contributed by atoms with Crippen LogP contribution in [-0.2, 0) is 4.74 Å². The molecule has 6 nitrogen and oxygen atoms in total. The van der Waals surface area contributed by atoms with Crippen LogP contribution in [0.3, 0.4) is 0 Å². The van der Waals surface area contributed by atoms with Crippen LogP contribution < -0.4 is 0 Å². The minimum Gasteiger partial charge on any atom is -0.465 e. The summed E-state index contributed by atoms with van der Waals surface area (Å²) in [6.45, 7) is 1.34. The molecule has 0 unspecified atom stereocenters. The van der Waals surface area contributed by atoms with E-state index in [0.29, 0.717) is 4.88 Å². The lowest BCUT2D eigenvalue weighted by molar-refractivity contribution is -0.331. The largest absolute Gasteiger partial charge is 0.465 e. The summed E-state index contributed by atoms with van der Waals surface area (Å²) in [5.74, 6) is -0.434. The third-order valence-corrected chi connectivity index (χ3v) is 5.39. The Hall–Kier alpha value is -1.74. The first kappa shape index (κ1) is 17.1. The van der Waals surface area contributed by atoms with E-state index in [1.807, 2.05) is 6.92 Å². The lowest BCUT2D eigenvalue weighted by atomic mass is 9.89. The van der Waals surface area contributed by atoms with E-state index in [1.165, 1.54) is 16.2 Å². The highest BCUT2D eigenvalue weighted by Crippen LogP contribution is 2.38. The van der Waals surface area contributed by atoms with Crippen molar-refractivity contribution in [1.29, 1.82) is 0 Å². The molecule has 2 aliphatic heterocycles. The molecule has 0 radical (unpaired) electrons. The Morgan fingerprint density at radius 1 is 1.21 bits per heavy atom. The molecule has 1 N–H and O–H groups in total. The molecule has 3 heterocycles. The number of ether oxygens (including phenoxy) is 1. The third kappa shape index (κ3) is 3.36. The molecule has 1 aromatic heterocycles. The lowest BCUT2D eigenvalue weighted by Crippen LogP contribution is -2.63. The first-order chi connectivity index (χ1) is 11.2. The standard InChI is InChI=1S/C15H18F2N2O4S/c1-10-2-3-11(24-10)12(20)19-8-14(23-15(16,17)9-19)4-6-18(7-5-14)13(21)22/h2-3H,4-9H2,1H3,(H,21,22). The Morgan fingerprint density at radius 2 is 1.88 bits per heavy atom. The second kappa shape index (κ2) is 5.96. The Kier molecular flexibility index (Phi) is 4.25. The molecular weight excluding hydrogens is 342 g/mol. The average Bonchev–Trinajstić information content (AvgIpc) is 2.91. The number of nitrogens with zero attached hydrogens (tertiary/aromatic N) is 2. The predicted octanol–water partition coefficient (Wildman–Crippen LogP) is 2.63. The number of thiophene rings is 1. The van der Waals surface area contributed by atoms with Gasteiger partial charge in [-0.2, -0.15) is 8.78 Å². The van der Waals surface area contributed by atoms with Gasteiger partial charge in [-0.1, -0.05) is 0 Å². The molecule has 1 aromatic rings. The smallest absolute Gasteiger partial charge is 0.407 e. The molecule has 2 saturated heterocycles. The van der Waals surface area contributed by atoms with E-state index >= 15 is 0 Å². The molecule has 0 atom stereocenters. The summed E-state index contributed by atoms with van der Waals surface area (Å²) < 4.78 is 33.2. The van der Waals surface area contributed by atoms with E-state index in [0.717, 1.165) is 9.78 Å². The van der Waals surface area contributed by atoms with Crippen LogP contribution in [0.2, 0.25) is 0 Å². The minimum atomic E-state index is -3.44. The average molecular weight is 360 g/mol. The number of alkyl halides is 2. The molecule has 9 heteroatoms. The van der Waals surface area contributed by atoms with Gasteiger partial charge >= 0.3 is 12.2 Å². The molecule has 24 heavy (non-hydrogen) atoms. The summed E-state index contributed by atoms with van der Waals surface area (Å²) in [5, 5.41) is 8.99. The zero-order valence-corrected chi connectivity index (χ0v) is 13.9. The van der Waals surface area contributed by atoms with Crippen molar-refractivity contribution in [2.45, 2.75) is 31.5 Å². The molecule has 0 bridgehead atoms. The number of hydrogen-bond donors (Lipinski definition) is 1. The lowest BCUT2D eigenvalue weighted by Gasteiger charge is -2.48. The molecule has 2 fully saturated rings. The Morgan fingerprint density at radius 3 is 2.42 bits per heavy atom. The molecule has 0 saturated carbocycles. The number of carbonyl (C=O) groups is 2. The maximum Gasteiger partial charge on any atom is 0.407 e. The highest BCUT2D eigenvalue weighted by molar-refractivity contribution is 7.13. The van der Waals surface area contributed by atoms with Crippen LogP contribution in [0.25, 0.3) is 0 Å². The maximum absolute atomic E-state index is 14.1. The summed E-state index contributed by atoms with van der Waals surface area (Å²) in [7, 11) is 0. The molecule has 3 rings (SSSR count). The van der Waals surface area contributed by atoms with E-state index in [-0.39, 0.29) is 32.5 Å². The number of carboxylic acid groups (broad SMARTS) is 1. The van der Waals surface area contributed by atoms with Gasteiger partial charge in [0, 0.05) is 18.0 Å². The fraction of sp³-hybridized carbons (Fsp3) is 0.600. The van der Waals surface area contributed by atoms with E-state index in [9.17, 15) is 18.4 Å². The number of morpholine rings is 1. The van der Waals surface area contributed by atoms with Gasteiger partial charge in [0.05, 0.1) is 17.0 Å². The van der Waals surface area contributed by atoms with Gasteiger partial charge < -0.3 is 19.6 Å². The van der Waals surface area contributed by atoms with Crippen molar-refractivity contribution in [1.82, 2.24) is 9.80 Å². The number of hydrogen-bond acceptors (Lipinski definition) is 4. The minimum absolute atomic E-state index is 0.0475. The van der Waals surface area contributed by atoms with Crippen LogP contribution in [0.5, 0.6) is 0 Å². The SMILES string of the molecule is Cc1ccc(C(=O)N2CC(F)(F)OC3(CCN(C(=O)O)CC3)C2)s1. The van der Waals surface area contributed by atoms with E-state index < -0.39 is 30.3 Å². The number of piperidine rings is 1. The fourth-order valence-electron chi connectivity index (χ4n) is 3.22. The van der Waals surface area contributed by atoms with Crippen LogP contribution in [0, 0.1) is 6.92 Å². The molecule has 0 aromatic carbocycles. The van der Waals surface area contributed by atoms with Gasteiger partial charge in [0.2, 0.25) is 0 Å². The molecule has 2 aliphatic rings. The number of carbonyl (C=O) groups excluding carboxylic acids is 1. The van der Waals surface area contributed by atoms with Crippen molar-refractivity contribution in [3.63, 3.8) is 0 Å². The van der Waals surface area contributed by atoms with Gasteiger partial charge in [-0.05, 0) is 31.9 Å². The second-order valence-electron chi connectivity index (χ2n) is 6.26. The quantitative estimate of drug-likeness (QED) is 0.836. The van der Waals surface area contributed by atoms with Gasteiger partial charge in [-0.25, -0.2) is 4.79 Å². The molecular formula is C15H18F2N2O4S. The van der Waals surface area contributed by atoms with Gasteiger partial charge in [0.1, 0.15) is 6.54 Å². The van der Waals surface area contributed by atoms with Crippen LogP contribution in [-0.4, -0.2) is 64.8 Å². The summed E-state index contributed by atoms with van der Waals surface area (Å²) in [5.41, 5.74) is -1.20. The predicted molar refractivity (Wildman–Crippen MR) is 82.6 cm³/mol. The van der Waals surface area contributed by atoms with Gasteiger partial charge in [0.15, 0.2) is 0 Å². The first-order valence-electron chi connectivity index (χ1n) is 7.61. The van der Waals surface area contributed by atoms with Crippen LogP contribution in [0.1, 0.15) is 27.4 Å². The second-order valence-corrected chi connectivity index (χ2v) is 7.55. The summed E-state index contributed by atoms with van der Waals surface area (Å²) >= 11 is 1.27. The number of amides is 2. The number of aryl methyl sites for hydroxylation is 1. The topological polar surface area (TPSA) is 70.1 Å². The number of halogens is 2. The highest BCUT2D eigenvalue weighted by atomic mass is 32.1. The molecule has 132 valence electrons. The summed E-state index contributed by atoms with van der Waals surface area (Å²) in [6, 6.07) is 3.41. The van der Waals surface area contributed by atoms with E-state index in [4.69, 9.17) is 9.84 Å². The Bertz CT molecular complexity index is 656. The van der Waals surface area contributed by atoms with Crippen molar-refractivity contribution in [2.75, 3.05) is 26.2 Å². The number of likely N-dealkylation sites (tertiary alicyclic amines) is 1. The fourth-order valence-corrected chi connectivity index (χ4v) is 4.06. The molecule has 2 amide bonds. The van der Waals surface area contributed by atoms with Crippen molar-refractivity contribution in [3.8, 4) is 0 Å². The van der Waals surface area contributed by atoms with Crippen molar-refractivity contribution < 1.29 is 28.2 Å². The van der Waals surface area contributed by atoms with Crippen molar-refractivity contribution >= 4 is 23.3 Å². The Balaban J connectivity index is 1.78. The Labute approximate surface area is 141 Å².